The molecule has 1 fully saturated rings. The van der Waals surface area contributed by atoms with Crippen LogP contribution in [0.3, 0.4) is 0 Å². The van der Waals surface area contributed by atoms with Gasteiger partial charge in [0.2, 0.25) is 0 Å². The second-order valence-electron chi connectivity index (χ2n) is 5.09. The van der Waals surface area contributed by atoms with Crippen LogP contribution >= 0.6 is 11.3 Å². The molecule has 3 heterocycles. The molecule has 2 aromatic rings. The van der Waals surface area contributed by atoms with Crippen LogP contribution in [0.1, 0.15) is 21.6 Å². The number of aryl methyl sites for hydroxylation is 1. The van der Waals surface area contributed by atoms with Gasteiger partial charge in [0.1, 0.15) is 11.9 Å². The lowest BCUT2D eigenvalue weighted by atomic mass is 10.2. The third kappa shape index (κ3) is 3.17. The molecule has 1 atom stereocenters. The lowest BCUT2D eigenvalue weighted by Gasteiger charge is -2.32. The molecule has 5 heteroatoms. The van der Waals surface area contributed by atoms with Crippen LogP contribution in [0.5, 0.6) is 0 Å². The summed E-state index contributed by atoms with van der Waals surface area (Å²) in [4.78, 5) is 9.56. The summed E-state index contributed by atoms with van der Waals surface area (Å²) in [7, 11) is 0. The smallest absolute Gasteiger partial charge is 0.123 e. The fourth-order valence-corrected chi connectivity index (χ4v) is 3.40. The van der Waals surface area contributed by atoms with Crippen LogP contribution in [0.4, 0.5) is 5.82 Å². The van der Waals surface area contributed by atoms with Crippen molar-refractivity contribution in [2.24, 2.45) is 0 Å². The number of nitrogens with zero attached hydrogens (tertiary/aromatic N) is 2. The van der Waals surface area contributed by atoms with Crippen molar-refractivity contribution in [2.75, 3.05) is 25.4 Å². The fourth-order valence-electron chi connectivity index (χ4n) is 2.46. The van der Waals surface area contributed by atoms with Gasteiger partial charge in [-0.3, -0.25) is 4.90 Å². The average molecular weight is 289 g/mol. The summed E-state index contributed by atoms with van der Waals surface area (Å²) in [6, 6.07) is 10.1. The lowest BCUT2D eigenvalue weighted by molar-refractivity contribution is -0.0346. The second-order valence-corrected chi connectivity index (χ2v) is 6.47. The zero-order valence-electron chi connectivity index (χ0n) is 11.6. The highest BCUT2D eigenvalue weighted by Gasteiger charge is 2.23. The highest BCUT2D eigenvalue weighted by atomic mass is 32.1. The lowest BCUT2D eigenvalue weighted by Crippen LogP contribution is -2.37. The first-order chi connectivity index (χ1) is 9.70. The van der Waals surface area contributed by atoms with Gasteiger partial charge in [0.05, 0.1) is 12.3 Å². The molecule has 0 amide bonds. The Morgan fingerprint density at radius 3 is 3.05 bits per heavy atom. The number of aromatic nitrogens is 1. The zero-order chi connectivity index (χ0) is 13.9. The molecule has 2 N–H and O–H groups in total. The van der Waals surface area contributed by atoms with Crippen molar-refractivity contribution in [3.8, 4) is 0 Å². The Morgan fingerprint density at radius 1 is 1.40 bits per heavy atom. The van der Waals surface area contributed by atoms with Gasteiger partial charge in [-0.15, -0.1) is 11.3 Å². The maximum Gasteiger partial charge on any atom is 0.123 e. The molecule has 0 saturated carbocycles. The molecular weight excluding hydrogens is 270 g/mol. The van der Waals surface area contributed by atoms with E-state index in [1.165, 1.54) is 9.75 Å². The van der Waals surface area contributed by atoms with Crippen molar-refractivity contribution < 1.29 is 4.74 Å². The molecule has 1 aliphatic heterocycles. The van der Waals surface area contributed by atoms with Crippen LogP contribution in [0.25, 0.3) is 0 Å². The minimum absolute atomic E-state index is 0.0216. The van der Waals surface area contributed by atoms with Crippen molar-refractivity contribution in [3.05, 3.63) is 45.8 Å². The SMILES string of the molecule is Cc1ccc(CN2CCO[C@H](c3cccc(N)n3)C2)s1. The highest BCUT2D eigenvalue weighted by molar-refractivity contribution is 7.11. The Labute approximate surface area is 123 Å². The number of anilines is 1. The number of nitrogens with two attached hydrogens (primary N) is 1. The topological polar surface area (TPSA) is 51.4 Å². The molecule has 2 aromatic heterocycles. The average Bonchev–Trinajstić information content (AvgIpc) is 2.84. The van der Waals surface area contributed by atoms with E-state index >= 15 is 0 Å². The molecule has 1 saturated heterocycles. The van der Waals surface area contributed by atoms with Gasteiger partial charge in [0.25, 0.3) is 0 Å². The molecule has 4 nitrogen and oxygen atoms in total. The quantitative estimate of drug-likeness (QED) is 0.943. The van der Waals surface area contributed by atoms with Crippen molar-refractivity contribution in [3.63, 3.8) is 0 Å². The molecule has 0 unspecified atom stereocenters. The minimum Gasteiger partial charge on any atom is -0.384 e. The van der Waals surface area contributed by atoms with Crippen LogP contribution in [-0.2, 0) is 11.3 Å². The summed E-state index contributed by atoms with van der Waals surface area (Å²) in [6.07, 6.45) is 0.0216. The summed E-state index contributed by atoms with van der Waals surface area (Å²) >= 11 is 1.86. The summed E-state index contributed by atoms with van der Waals surface area (Å²) in [5, 5.41) is 0. The molecule has 0 bridgehead atoms. The Balaban J connectivity index is 1.67. The molecule has 0 spiro atoms. The Kier molecular flexibility index (Phi) is 4.00. The van der Waals surface area contributed by atoms with Gasteiger partial charge < -0.3 is 10.5 Å². The van der Waals surface area contributed by atoms with E-state index in [0.29, 0.717) is 5.82 Å². The number of ether oxygens (including phenoxy) is 1. The van der Waals surface area contributed by atoms with Crippen molar-refractivity contribution >= 4 is 17.2 Å². The van der Waals surface area contributed by atoms with Crippen LogP contribution in [0.15, 0.2) is 30.3 Å². The van der Waals surface area contributed by atoms with E-state index in [9.17, 15) is 0 Å². The molecule has 1 aliphatic rings. The van der Waals surface area contributed by atoms with E-state index in [2.05, 4.69) is 28.9 Å². The van der Waals surface area contributed by atoms with Crippen LogP contribution < -0.4 is 5.73 Å². The normalized spacial score (nSPS) is 20.1. The molecule has 20 heavy (non-hydrogen) atoms. The first-order valence-corrected chi connectivity index (χ1v) is 7.64. The van der Waals surface area contributed by atoms with Gasteiger partial charge in [0.15, 0.2) is 0 Å². The first-order valence-electron chi connectivity index (χ1n) is 6.82. The fraction of sp³-hybridized carbons (Fsp3) is 0.400. The molecule has 0 aromatic carbocycles. The van der Waals surface area contributed by atoms with Gasteiger partial charge in [-0.2, -0.15) is 0 Å². The van der Waals surface area contributed by atoms with Crippen LogP contribution in [0, 0.1) is 6.92 Å². The van der Waals surface area contributed by atoms with Gasteiger partial charge in [-0.05, 0) is 31.2 Å². The maximum absolute atomic E-state index is 5.84. The van der Waals surface area contributed by atoms with Crippen molar-refractivity contribution in [1.82, 2.24) is 9.88 Å². The van der Waals surface area contributed by atoms with E-state index in [1.54, 1.807) is 6.07 Å². The zero-order valence-corrected chi connectivity index (χ0v) is 12.4. The number of thiophene rings is 1. The number of morpholine rings is 1. The number of rotatable bonds is 3. The second kappa shape index (κ2) is 5.91. The van der Waals surface area contributed by atoms with Gasteiger partial charge in [0, 0.05) is 29.4 Å². The third-order valence-electron chi connectivity index (χ3n) is 3.45. The first kappa shape index (κ1) is 13.5. The van der Waals surface area contributed by atoms with Crippen LogP contribution in [0.2, 0.25) is 0 Å². The Hall–Kier alpha value is -1.43. The molecule has 3 rings (SSSR count). The van der Waals surface area contributed by atoms with E-state index in [0.717, 1.165) is 31.9 Å². The van der Waals surface area contributed by atoms with Gasteiger partial charge in [-0.25, -0.2) is 4.98 Å². The monoisotopic (exact) mass is 289 g/mol. The molecule has 0 radical (unpaired) electrons. The highest BCUT2D eigenvalue weighted by Crippen LogP contribution is 2.24. The number of hydrogen-bond donors (Lipinski definition) is 1. The van der Waals surface area contributed by atoms with Gasteiger partial charge >= 0.3 is 0 Å². The van der Waals surface area contributed by atoms with E-state index in [1.807, 2.05) is 23.5 Å². The molecular formula is C15H19N3OS. The maximum atomic E-state index is 5.84. The number of pyridine rings is 1. The van der Waals surface area contributed by atoms with Crippen LogP contribution in [-0.4, -0.2) is 29.6 Å². The Morgan fingerprint density at radius 2 is 2.30 bits per heavy atom. The predicted molar refractivity (Wildman–Crippen MR) is 81.7 cm³/mol. The summed E-state index contributed by atoms with van der Waals surface area (Å²) in [5.74, 6) is 0.553. The van der Waals surface area contributed by atoms with E-state index in [4.69, 9.17) is 10.5 Å². The standard InChI is InChI=1S/C15H19N3OS/c1-11-5-6-12(20-11)9-18-7-8-19-14(10-18)13-3-2-4-15(16)17-13/h2-6,14H,7-10H2,1H3,(H2,16,17)/t14-/m0/s1. The summed E-state index contributed by atoms with van der Waals surface area (Å²) in [5.41, 5.74) is 6.68. The van der Waals surface area contributed by atoms with E-state index in [-0.39, 0.29) is 6.10 Å². The van der Waals surface area contributed by atoms with Gasteiger partial charge in [-0.1, -0.05) is 6.07 Å². The van der Waals surface area contributed by atoms with Crippen molar-refractivity contribution in [1.29, 1.82) is 0 Å². The summed E-state index contributed by atoms with van der Waals surface area (Å²) < 4.78 is 5.84. The number of nitrogen functional groups attached to an aromatic ring is 1. The molecule has 106 valence electrons. The Bertz CT molecular complexity index is 584. The minimum atomic E-state index is 0.0216. The molecule has 0 aliphatic carbocycles. The third-order valence-corrected chi connectivity index (χ3v) is 4.43. The van der Waals surface area contributed by atoms with E-state index < -0.39 is 0 Å². The predicted octanol–water partition coefficient (Wildman–Crippen LogP) is 2.61. The number of hydrogen-bond acceptors (Lipinski definition) is 5. The van der Waals surface area contributed by atoms with Crippen molar-refractivity contribution in [2.45, 2.75) is 19.6 Å². The summed E-state index contributed by atoms with van der Waals surface area (Å²) in [6.45, 7) is 5.71. The largest absolute Gasteiger partial charge is 0.384 e.